The van der Waals surface area contributed by atoms with Gasteiger partial charge in [-0.05, 0) is 70.4 Å². The second-order valence-corrected chi connectivity index (χ2v) is 9.48. The van der Waals surface area contributed by atoms with Gasteiger partial charge in [0.1, 0.15) is 0 Å². The zero-order valence-corrected chi connectivity index (χ0v) is 17.2. The Bertz CT molecular complexity index is 909. The van der Waals surface area contributed by atoms with Crippen molar-refractivity contribution in [1.82, 2.24) is 4.57 Å². The molecule has 0 bridgehead atoms. The monoisotopic (exact) mass is 367 g/mol. The van der Waals surface area contributed by atoms with Crippen LogP contribution in [0.2, 0.25) is 0 Å². The smallest absolute Gasteiger partial charge is 0.399 e. The second-order valence-electron chi connectivity index (χ2n) is 9.48. The van der Waals surface area contributed by atoms with Crippen LogP contribution < -0.4 is 11.0 Å². The summed E-state index contributed by atoms with van der Waals surface area (Å²) in [4.78, 5) is 13.3. The van der Waals surface area contributed by atoms with Gasteiger partial charge in [-0.3, -0.25) is 4.79 Å². The van der Waals surface area contributed by atoms with Crippen molar-refractivity contribution in [2.24, 2.45) is 0 Å². The van der Waals surface area contributed by atoms with E-state index in [2.05, 4.69) is 13.0 Å². The van der Waals surface area contributed by atoms with Crippen molar-refractivity contribution in [2.75, 3.05) is 0 Å². The summed E-state index contributed by atoms with van der Waals surface area (Å²) in [5, 5.41) is 1.72. The first-order chi connectivity index (χ1) is 12.6. The standard InChI is InChI=1S/C22H30BNO3/c1-20(2)21(3,4)27-23(26-20)17-10-9-16-11-14-24(19(25)18(16)15-17)22(5)12-7-6-8-13-22/h9-11,14-15H,6-8,12-13H2,1-5H3. The second kappa shape index (κ2) is 6.21. The van der Waals surface area contributed by atoms with E-state index < -0.39 is 7.12 Å². The summed E-state index contributed by atoms with van der Waals surface area (Å²) in [6.07, 6.45) is 7.75. The molecule has 144 valence electrons. The Morgan fingerprint density at radius 3 is 2.19 bits per heavy atom. The summed E-state index contributed by atoms with van der Waals surface area (Å²) < 4.78 is 14.3. The van der Waals surface area contributed by atoms with Gasteiger partial charge in [0, 0.05) is 17.1 Å². The third-order valence-electron chi connectivity index (χ3n) is 6.97. The fourth-order valence-electron chi connectivity index (χ4n) is 4.36. The van der Waals surface area contributed by atoms with Gasteiger partial charge in [-0.25, -0.2) is 0 Å². The summed E-state index contributed by atoms with van der Waals surface area (Å²) in [6.45, 7) is 10.4. The minimum absolute atomic E-state index is 0.0795. The van der Waals surface area contributed by atoms with E-state index >= 15 is 0 Å². The third kappa shape index (κ3) is 3.05. The van der Waals surface area contributed by atoms with Gasteiger partial charge in [0.15, 0.2) is 0 Å². The largest absolute Gasteiger partial charge is 0.494 e. The molecule has 5 heteroatoms. The lowest BCUT2D eigenvalue weighted by Gasteiger charge is -2.35. The van der Waals surface area contributed by atoms with Crippen LogP contribution in [0.15, 0.2) is 35.3 Å². The lowest BCUT2D eigenvalue weighted by Crippen LogP contribution is -2.41. The molecule has 1 aliphatic heterocycles. The molecule has 2 fully saturated rings. The van der Waals surface area contributed by atoms with Gasteiger partial charge in [0.2, 0.25) is 0 Å². The maximum Gasteiger partial charge on any atom is 0.494 e. The fourth-order valence-corrected chi connectivity index (χ4v) is 4.36. The molecule has 2 heterocycles. The molecule has 0 unspecified atom stereocenters. The van der Waals surface area contributed by atoms with Crippen LogP contribution in [-0.4, -0.2) is 22.9 Å². The fraction of sp³-hybridized carbons (Fsp3) is 0.591. The first kappa shape index (κ1) is 18.8. The number of rotatable bonds is 2. The van der Waals surface area contributed by atoms with E-state index in [1.165, 1.54) is 19.3 Å². The number of pyridine rings is 1. The van der Waals surface area contributed by atoms with Gasteiger partial charge < -0.3 is 13.9 Å². The number of nitrogens with zero attached hydrogens (tertiary/aromatic N) is 1. The van der Waals surface area contributed by atoms with Gasteiger partial charge >= 0.3 is 7.12 Å². The van der Waals surface area contributed by atoms with Crippen molar-refractivity contribution in [3.63, 3.8) is 0 Å². The van der Waals surface area contributed by atoms with Crippen molar-refractivity contribution >= 4 is 23.4 Å². The van der Waals surface area contributed by atoms with E-state index in [1.54, 1.807) is 0 Å². The first-order valence-corrected chi connectivity index (χ1v) is 10.1. The summed E-state index contributed by atoms with van der Waals surface area (Å²) in [5.74, 6) is 0. The molecular weight excluding hydrogens is 337 g/mol. The van der Waals surface area contributed by atoms with E-state index in [0.717, 1.165) is 29.1 Å². The van der Waals surface area contributed by atoms with Crippen LogP contribution in [0, 0.1) is 0 Å². The van der Waals surface area contributed by atoms with E-state index in [4.69, 9.17) is 9.31 Å². The molecule has 0 N–H and O–H groups in total. The van der Waals surface area contributed by atoms with E-state index in [0.29, 0.717) is 0 Å². The van der Waals surface area contributed by atoms with Gasteiger partial charge in [0.25, 0.3) is 5.56 Å². The average Bonchev–Trinajstić information content (AvgIpc) is 2.83. The predicted octanol–water partition coefficient (Wildman–Crippen LogP) is 3.98. The lowest BCUT2D eigenvalue weighted by molar-refractivity contribution is 0.00578. The SMILES string of the molecule is CC1(n2ccc3ccc(B4OC(C)(C)C(C)(C)O4)cc3c2=O)CCCCC1. The van der Waals surface area contributed by atoms with Crippen molar-refractivity contribution in [1.29, 1.82) is 0 Å². The highest BCUT2D eigenvalue weighted by Crippen LogP contribution is 2.37. The number of hydrogen-bond acceptors (Lipinski definition) is 3. The molecule has 1 saturated carbocycles. The quantitative estimate of drug-likeness (QED) is 0.754. The Balaban J connectivity index is 1.76. The number of hydrogen-bond donors (Lipinski definition) is 0. The zero-order valence-electron chi connectivity index (χ0n) is 17.2. The summed E-state index contributed by atoms with van der Waals surface area (Å²) >= 11 is 0. The van der Waals surface area contributed by atoms with E-state index in [-0.39, 0.29) is 22.3 Å². The van der Waals surface area contributed by atoms with Crippen LogP contribution in [0.5, 0.6) is 0 Å². The number of fused-ring (bicyclic) bond motifs is 1. The van der Waals surface area contributed by atoms with E-state index in [1.807, 2.05) is 56.7 Å². The molecule has 2 aliphatic rings. The molecule has 1 saturated heterocycles. The Hall–Kier alpha value is -1.59. The van der Waals surface area contributed by atoms with Crippen molar-refractivity contribution in [3.8, 4) is 0 Å². The number of benzene rings is 1. The Kier molecular flexibility index (Phi) is 4.32. The molecule has 27 heavy (non-hydrogen) atoms. The summed E-state index contributed by atoms with van der Waals surface area (Å²) in [5.41, 5.74) is 0.141. The average molecular weight is 367 g/mol. The van der Waals surface area contributed by atoms with Crippen molar-refractivity contribution in [2.45, 2.75) is 83.5 Å². The topological polar surface area (TPSA) is 40.5 Å². The first-order valence-electron chi connectivity index (χ1n) is 10.1. The zero-order chi connectivity index (χ0) is 19.4. The highest BCUT2D eigenvalue weighted by molar-refractivity contribution is 6.62. The molecule has 0 radical (unpaired) electrons. The van der Waals surface area contributed by atoms with Gasteiger partial charge in [0.05, 0.1) is 11.2 Å². The van der Waals surface area contributed by atoms with Gasteiger partial charge in [-0.15, -0.1) is 0 Å². The van der Waals surface area contributed by atoms with Crippen molar-refractivity contribution < 1.29 is 9.31 Å². The molecule has 1 aliphatic carbocycles. The summed E-state index contributed by atoms with van der Waals surface area (Å²) in [6, 6.07) is 8.04. The Morgan fingerprint density at radius 1 is 0.926 bits per heavy atom. The molecule has 4 nitrogen and oxygen atoms in total. The third-order valence-corrected chi connectivity index (χ3v) is 6.97. The van der Waals surface area contributed by atoms with Crippen LogP contribution in [0.25, 0.3) is 10.8 Å². The molecule has 1 aromatic heterocycles. The number of aromatic nitrogens is 1. The summed E-state index contributed by atoms with van der Waals surface area (Å²) in [7, 11) is -0.447. The minimum atomic E-state index is -0.447. The Morgan fingerprint density at radius 2 is 1.56 bits per heavy atom. The molecular formula is C22H30BNO3. The van der Waals surface area contributed by atoms with Gasteiger partial charge in [-0.1, -0.05) is 31.4 Å². The maximum absolute atomic E-state index is 13.3. The van der Waals surface area contributed by atoms with Crippen LogP contribution in [0.1, 0.15) is 66.7 Å². The van der Waals surface area contributed by atoms with Crippen LogP contribution in [-0.2, 0) is 14.8 Å². The maximum atomic E-state index is 13.3. The molecule has 4 rings (SSSR count). The van der Waals surface area contributed by atoms with Crippen molar-refractivity contribution in [3.05, 3.63) is 40.8 Å². The van der Waals surface area contributed by atoms with Crippen LogP contribution >= 0.6 is 0 Å². The minimum Gasteiger partial charge on any atom is -0.399 e. The lowest BCUT2D eigenvalue weighted by atomic mass is 9.78. The van der Waals surface area contributed by atoms with Crippen LogP contribution in [0.4, 0.5) is 0 Å². The molecule has 0 amide bonds. The van der Waals surface area contributed by atoms with E-state index in [9.17, 15) is 4.79 Å². The molecule has 1 aromatic carbocycles. The highest BCUT2D eigenvalue weighted by atomic mass is 16.7. The normalized spacial score (nSPS) is 23.7. The molecule has 0 spiro atoms. The highest BCUT2D eigenvalue weighted by Gasteiger charge is 2.51. The molecule has 0 atom stereocenters. The van der Waals surface area contributed by atoms with Gasteiger partial charge in [-0.2, -0.15) is 0 Å². The Labute approximate surface area is 162 Å². The van der Waals surface area contributed by atoms with Crippen LogP contribution in [0.3, 0.4) is 0 Å². The molecule has 2 aromatic rings. The predicted molar refractivity (Wildman–Crippen MR) is 111 cm³/mol.